The number of pyridine rings is 1. The Morgan fingerprint density at radius 1 is 0.706 bits per heavy atom. The minimum Gasteiger partial charge on any atom is -0.368 e. The van der Waals surface area contributed by atoms with Crippen molar-refractivity contribution in [1.82, 2.24) is 19.9 Å². The number of hydrogen-bond acceptors (Lipinski definition) is 4. The van der Waals surface area contributed by atoms with Gasteiger partial charge in [-0.05, 0) is 47.2 Å². The molecule has 0 amide bonds. The largest absolute Gasteiger partial charge is 0.368 e. The predicted molar refractivity (Wildman–Crippen MR) is 142 cm³/mol. The number of nitrogen functional groups attached to an aromatic ring is 1. The number of fused-ring (bicyclic) bond motifs is 8. The second kappa shape index (κ2) is 7.03. The molecule has 0 unspecified atom stereocenters. The van der Waals surface area contributed by atoms with Crippen molar-refractivity contribution in [3.05, 3.63) is 83.0 Å². The predicted octanol–water partition coefficient (Wildman–Crippen LogP) is 7.52. The van der Waals surface area contributed by atoms with Crippen molar-refractivity contribution in [2.45, 2.75) is 0 Å². The van der Waals surface area contributed by atoms with Crippen LogP contribution in [0.25, 0.3) is 65.6 Å². The fourth-order valence-corrected chi connectivity index (χ4v) is 5.23. The van der Waals surface area contributed by atoms with E-state index in [0.29, 0.717) is 21.4 Å². The first kappa shape index (κ1) is 19.5. The van der Waals surface area contributed by atoms with Gasteiger partial charge in [-0.15, -0.1) is 0 Å². The summed E-state index contributed by atoms with van der Waals surface area (Å²) >= 11 is 13.0. The van der Waals surface area contributed by atoms with Crippen LogP contribution in [0.2, 0.25) is 10.2 Å². The van der Waals surface area contributed by atoms with Crippen molar-refractivity contribution >= 4 is 83.5 Å². The van der Waals surface area contributed by atoms with Crippen molar-refractivity contribution in [1.29, 1.82) is 0 Å². The molecule has 5 nitrogen and oxygen atoms in total. The van der Waals surface area contributed by atoms with Crippen molar-refractivity contribution in [3.63, 3.8) is 0 Å². The molecular weight excluding hydrogens is 465 g/mol. The number of anilines is 1. The van der Waals surface area contributed by atoms with Gasteiger partial charge in [0.05, 0.1) is 16.7 Å². The summed E-state index contributed by atoms with van der Waals surface area (Å²) in [5.74, 6) is 0.167. The molecule has 0 bridgehead atoms. The SMILES string of the molecule is Nc1nc(-c2cc3c(ccc4ccccc43)nc2Cl)c2ccc3c4cc(Cl)ccc4[nH]c3c2n1. The minimum absolute atomic E-state index is 0.167. The molecule has 0 atom stereocenters. The van der Waals surface area contributed by atoms with Gasteiger partial charge < -0.3 is 10.7 Å². The molecule has 7 aromatic rings. The van der Waals surface area contributed by atoms with E-state index in [0.717, 1.165) is 54.4 Å². The highest BCUT2D eigenvalue weighted by Crippen LogP contribution is 2.38. The van der Waals surface area contributed by atoms with E-state index in [2.05, 4.69) is 38.1 Å². The Balaban J connectivity index is 1.58. The quantitative estimate of drug-likeness (QED) is 0.188. The highest BCUT2D eigenvalue weighted by atomic mass is 35.5. The lowest BCUT2D eigenvalue weighted by molar-refractivity contribution is 1.24. The van der Waals surface area contributed by atoms with E-state index in [1.165, 1.54) is 0 Å². The fraction of sp³-hybridized carbons (Fsp3) is 0. The van der Waals surface area contributed by atoms with E-state index in [-0.39, 0.29) is 5.95 Å². The van der Waals surface area contributed by atoms with Crippen LogP contribution in [0.4, 0.5) is 5.95 Å². The number of benzene rings is 4. The molecule has 0 aliphatic heterocycles. The van der Waals surface area contributed by atoms with Crippen LogP contribution in [0.1, 0.15) is 0 Å². The van der Waals surface area contributed by atoms with E-state index in [4.69, 9.17) is 28.9 Å². The van der Waals surface area contributed by atoms with Gasteiger partial charge in [-0.25, -0.2) is 15.0 Å². The van der Waals surface area contributed by atoms with Crippen molar-refractivity contribution in [3.8, 4) is 11.3 Å². The molecule has 3 aromatic heterocycles. The topological polar surface area (TPSA) is 80.5 Å². The third kappa shape index (κ3) is 2.78. The van der Waals surface area contributed by atoms with Gasteiger partial charge in [-0.3, -0.25) is 0 Å². The monoisotopic (exact) mass is 479 g/mol. The number of H-pyrrole nitrogens is 1. The Morgan fingerprint density at radius 2 is 1.56 bits per heavy atom. The van der Waals surface area contributed by atoms with E-state index in [1.54, 1.807) is 0 Å². The summed E-state index contributed by atoms with van der Waals surface area (Å²) in [6.45, 7) is 0. The third-order valence-corrected chi connectivity index (χ3v) is 6.87. The van der Waals surface area contributed by atoms with Gasteiger partial charge in [0.15, 0.2) is 0 Å². The summed E-state index contributed by atoms with van der Waals surface area (Å²) in [4.78, 5) is 17.3. The van der Waals surface area contributed by atoms with Crippen LogP contribution in [-0.2, 0) is 0 Å². The van der Waals surface area contributed by atoms with Gasteiger partial charge in [0.2, 0.25) is 5.95 Å². The van der Waals surface area contributed by atoms with Gasteiger partial charge >= 0.3 is 0 Å². The molecule has 0 aliphatic carbocycles. The van der Waals surface area contributed by atoms with Crippen molar-refractivity contribution in [2.24, 2.45) is 0 Å². The van der Waals surface area contributed by atoms with Gasteiger partial charge in [0.1, 0.15) is 10.7 Å². The van der Waals surface area contributed by atoms with Gasteiger partial charge in [0, 0.05) is 37.6 Å². The molecule has 3 heterocycles. The molecule has 7 rings (SSSR count). The summed E-state index contributed by atoms with van der Waals surface area (Å²) in [6.07, 6.45) is 0. The Labute approximate surface area is 203 Å². The maximum Gasteiger partial charge on any atom is 0.221 e. The number of aromatic amines is 1. The maximum absolute atomic E-state index is 6.71. The number of halogens is 2. The Hall–Kier alpha value is -3.93. The van der Waals surface area contributed by atoms with Crippen molar-refractivity contribution in [2.75, 3.05) is 5.73 Å². The standard InChI is InChI=1S/C27H15Cl2N5/c28-14-6-10-21-18(11-14)16-7-8-17-23(33-27(30)34-25(17)24(16)31-21)20-12-19-15-4-2-1-3-13(15)5-9-22(19)32-26(20)29/h1-12,31H,(H2,30,33,34). The molecule has 0 saturated carbocycles. The molecular formula is C27H15Cl2N5. The van der Waals surface area contributed by atoms with Crippen LogP contribution < -0.4 is 5.73 Å². The lowest BCUT2D eigenvalue weighted by Gasteiger charge is -2.11. The Bertz CT molecular complexity index is 1960. The van der Waals surface area contributed by atoms with E-state index >= 15 is 0 Å². The summed E-state index contributed by atoms with van der Waals surface area (Å²) in [6, 6.07) is 24.1. The number of nitrogens with two attached hydrogens (primary N) is 1. The Morgan fingerprint density at radius 3 is 2.47 bits per heavy atom. The summed E-state index contributed by atoms with van der Waals surface area (Å²) in [5.41, 5.74) is 11.0. The van der Waals surface area contributed by atoms with Gasteiger partial charge in [-0.1, -0.05) is 59.6 Å². The third-order valence-electron chi connectivity index (χ3n) is 6.35. The fourth-order valence-electron chi connectivity index (χ4n) is 4.82. The summed E-state index contributed by atoms with van der Waals surface area (Å²) < 4.78 is 0. The normalized spacial score (nSPS) is 11.9. The minimum atomic E-state index is 0.167. The first-order valence-electron chi connectivity index (χ1n) is 10.7. The zero-order chi connectivity index (χ0) is 23.0. The van der Waals surface area contributed by atoms with E-state index in [9.17, 15) is 0 Å². The Kier molecular flexibility index (Phi) is 4.04. The summed E-state index contributed by atoms with van der Waals surface area (Å²) in [5, 5.41) is 7.17. The summed E-state index contributed by atoms with van der Waals surface area (Å²) in [7, 11) is 0. The highest BCUT2D eigenvalue weighted by Gasteiger charge is 2.18. The molecule has 4 aromatic carbocycles. The van der Waals surface area contributed by atoms with Gasteiger partial charge in [-0.2, -0.15) is 0 Å². The molecule has 0 saturated heterocycles. The van der Waals surface area contributed by atoms with Crippen LogP contribution in [0.5, 0.6) is 0 Å². The van der Waals surface area contributed by atoms with Gasteiger partial charge in [0.25, 0.3) is 0 Å². The van der Waals surface area contributed by atoms with Crippen LogP contribution in [-0.4, -0.2) is 19.9 Å². The molecule has 0 aliphatic rings. The smallest absolute Gasteiger partial charge is 0.221 e. The average molecular weight is 480 g/mol. The highest BCUT2D eigenvalue weighted by molar-refractivity contribution is 6.34. The zero-order valence-electron chi connectivity index (χ0n) is 17.6. The molecule has 0 spiro atoms. The first-order valence-corrected chi connectivity index (χ1v) is 11.5. The molecule has 162 valence electrons. The van der Waals surface area contributed by atoms with Crippen LogP contribution in [0.3, 0.4) is 0 Å². The van der Waals surface area contributed by atoms with Crippen LogP contribution >= 0.6 is 23.2 Å². The zero-order valence-corrected chi connectivity index (χ0v) is 19.1. The lowest BCUT2D eigenvalue weighted by atomic mass is 10.0. The molecule has 34 heavy (non-hydrogen) atoms. The number of nitrogens with one attached hydrogen (secondary N) is 1. The number of rotatable bonds is 1. The molecule has 7 heteroatoms. The number of nitrogens with zero attached hydrogens (tertiary/aromatic N) is 3. The second-order valence-corrected chi connectivity index (χ2v) is 9.10. The van der Waals surface area contributed by atoms with E-state index in [1.807, 2.05) is 54.6 Å². The number of hydrogen-bond donors (Lipinski definition) is 2. The van der Waals surface area contributed by atoms with E-state index < -0.39 is 0 Å². The lowest BCUT2D eigenvalue weighted by Crippen LogP contribution is -1.99. The van der Waals surface area contributed by atoms with Crippen LogP contribution in [0, 0.1) is 0 Å². The maximum atomic E-state index is 6.71. The second-order valence-electron chi connectivity index (χ2n) is 8.31. The molecule has 3 N–H and O–H groups in total. The molecule has 0 fully saturated rings. The number of aromatic nitrogens is 4. The molecule has 0 radical (unpaired) electrons. The van der Waals surface area contributed by atoms with Crippen molar-refractivity contribution < 1.29 is 0 Å². The first-order chi connectivity index (χ1) is 16.6. The average Bonchev–Trinajstić information content (AvgIpc) is 3.21. The van der Waals surface area contributed by atoms with Crippen LogP contribution in [0.15, 0.2) is 72.8 Å².